The van der Waals surface area contributed by atoms with Gasteiger partial charge in [-0.3, -0.25) is 0 Å². The zero-order valence-corrected chi connectivity index (χ0v) is 9.16. The van der Waals surface area contributed by atoms with Crippen LogP contribution in [0.2, 0.25) is 0 Å². The SMILES string of the molecule is C=C(C)CC(C)C(F)(F)C#CCCC. The minimum absolute atomic E-state index is 0.327. The zero-order chi connectivity index (χ0) is 11.2. The fourth-order valence-electron chi connectivity index (χ4n) is 1.08. The molecule has 0 aromatic carbocycles. The molecular weight excluding hydrogens is 182 g/mol. The van der Waals surface area contributed by atoms with Crippen LogP contribution in [0.15, 0.2) is 12.2 Å². The molecule has 0 rings (SSSR count). The van der Waals surface area contributed by atoms with Gasteiger partial charge in [-0.05, 0) is 25.7 Å². The van der Waals surface area contributed by atoms with Gasteiger partial charge in [-0.15, -0.1) is 6.58 Å². The summed E-state index contributed by atoms with van der Waals surface area (Å²) < 4.78 is 26.6. The molecule has 0 amide bonds. The van der Waals surface area contributed by atoms with Crippen molar-refractivity contribution in [3.63, 3.8) is 0 Å². The lowest BCUT2D eigenvalue weighted by Gasteiger charge is -2.18. The first kappa shape index (κ1) is 13.2. The molecule has 1 unspecified atom stereocenters. The van der Waals surface area contributed by atoms with Gasteiger partial charge in [0.2, 0.25) is 0 Å². The van der Waals surface area contributed by atoms with Crippen LogP contribution in [0.5, 0.6) is 0 Å². The minimum Gasteiger partial charge on any atom is -0.192 e. The summed E-state index contributed by atoms with van der Waals surface area (Å²) in [6.07, 6.45) is 1.68. The monoisotopic (exact) mass is 200 g/mol. The summed E-state index contributed by atoms with van der Waals surface area (Å²) in [7, 11) is 0. The second-order valence-electron chi connectivity index (χ2n) is 3.74. The smallest absolute Gasteiger partial charge is 0.192 e. The predicted molar refractivity (Wildman–Crippen MR) is 56.2 cm³/mol. The number of allylic oxidation sites excluding steroid dienone is 1. The molecule has 0 nitrogen and oxygen atoms in total. The van der Waals surface area contributed by atoms with E-state index in [9.17, 15) is 8.78 Å². The maximum absolute atomic E-state index is 13.3. The average molecular weight is 200 g/mol. The zero-order valence-electron chi connectivity index (χ0n) is 9.16. The molecule has 0 bridgehead atoms. The van der Waals surface area contributed by atoms with Gasteiger partial charge in [-0.1, -0.05) is 25.3 Å². The van der Waals surface area contributed by atoms with Crippen LogP contribution in [0.25, 0.3) is 0 Å². The Balaban J connectivity index is 4.31. The minimum atomic E-state index is -2.88. The van der Waals surface area contributed by atoms with E-state index in [4.69, 9.17) is 0 Å². The van der Waals surface area contributed by atoms with Crippen molar-refractivity contribution in [3.05, 3.63) is 12.2 Å². The second kappa shape index (κ2) is 5.80. The molecule has 0 aliphatic rings. The van der Waals surface area contributed by atoms with E-state index in [1.807, 2.05) is 12.8 Å². The molecule has 1 atom stereocenters. The maximum Gasteiger partial charge on any atom is 0.310 e. The van der Waals surface area contributed by atoms with Crippen molar-refractivity contribution in [3.8, 4) is 11.8 Å². The summed E-state index contributed by atoms with van der Waals surface area (Å²) in [6, 6.07) is 0. The molecular formula is C12H18F2. The lowest BCUT2D eigenvalue weighted by molar-refractivity contribution is 0.00920. The van der Waals surface area contributed by atoms with Crippen molar-refractivity contribution >= 4 is 0 Å². The van der Waals surface area contributed by atoms with Gasteiger partial charge in [0, 0.05) is 12.3 Å². The van der Waals surface area contributed by atoms with Gasteiger partial charge >= 0.3 is 5.92 Å². The van der Waals surface area contributed by atoms with Crippen LogP contribution in [0.4, 0.5) is 8.78 Å². The summed E-state index contributed by atoms with van der Waals surface area (Å²) >= 11 is 0. The quantitative estimate of drug-likeness (QED) is 0.475. The number of rotatable bonds is 4. The van der Waals surface area contributed by atoms with Gasteiger partial charge in [-0.25, -0.2) is 0 Å². The highest BCUT2D eigenvalue weighted by molar-refractivity contribution is 5.12. The Hall–Kier alpha value is -0.840. The molecule has 0 saturated carbocycles. The van der Waals surface area contributed by atoms with Crippen molar-refractivity contribution in [2.75, 3.05) is 0 Å². The van der Waals surface area contributed by atoms with Gasteiger partial charge < -0.3 is 0 Å². The topological polar surface area (TPSA) is 0 Å². The van der Waals surface area contributed by atoms with Crippen LogP contribution >= 0.6 is 0 Å². The third-order valence-electron chi connectivity index (χ3n) is 1.90. The van der Waals surface area contributed by atoms with Crippen LogP contribution in [-0.4, -0.2) is 5.92 Å². The number of hydrogen-bond acceptors (Lipinski definition) is 0. The molecule has 0 aliphatic carbocycles. The molecule has 14 heavy (non-hydrogen) atoms. The summed E-state index contributed by atoms with van der Waals surface area (Å²) in [5, 5.41) is 0. The molecule has 2 heteroatoms. The summed E-state index contributed by atoms with van der Waals surface area (Å²) in [6.45, 7) is 8.81. The lowest BCUT2D eigenvalue weighted by atomic mass is 9.96. The van der Waals surface area contributed by atoms with E-state index >= 15 is 0 Å². The van der Waals surface area contributed by atoms with Gasteiger partial charge in [0.15, 0.2) is 0 Å². The predicted octanol–water partition coefficient (Wildman–Crippen LogP) is 4.03. The average Bonchev–Trinajstić information content (AvgIpc) is 2.03. The Morgan fingerprint density at radius 3 is 2.50 bits per heavy atom. The first-order chi connectivity index (χ1) is 6.40. The summed E-state index contributed by atoms with van der Waals surface area (Å²) in [5.41, 5.74) is 0.773. The van der Waals surface area contributed by atoms with Gasteiger partial charge in [0.1, 0.15) is 0 Å². The van der Waals surface area contributed by atoms with Crippen molar-refractivity contribution in [1.29, 1.82) is 0 Å². The maximum atomic E-state index is 13.3. The first-order valence-corrected chi connectivity index (χ1v) is 4.92. The second-order valence-corrected chi connectivity index (χ2v) is 3.74. The highest BCUT2D eigenvalue weighted by Crippen LogP contribution is 2.28. The fraction of sp³-hybridized carbons (Fsp3) is 0.667. The van der Waals surface area contributed by atoms with Crippen LogP contribution in [0, 0.1) is 17.8 Å². The molecule has 0 heterocycles. The summed E-state index contributed by atoms with van der Waals surface area (Å²) in [5.74, 6) is 0.914. The first-order valence-electron chi connectivity index (χ1n) is 4.92. The van der Waals surface area contributed by atoms with E-state index in [0.717, 1.165) is 12.0 Å². The molecule has 0 fully saturated rings. The number of alkyl halides is 2. The molecule has 0 aromatic heterocycles. The lowest BCUT2D eigenvalue weighted by Crippen LogP contribution is -2.24. The highest BCUT2D eigenvalue weighted by atomic mass is 19.3. The molecule has 0 saturated heterocycles. The Labute approximate surface area is 85.4 Å². The molecule has 0 aliphatic heterocycles. The van der Waals surface area contributed by atoms with Crippen LogP contribution < -0.4 is 0 Å². The summed E-state index contributed by atoms with van der Waals surface area (Å²) in [4.78, 5) is 0. The van der Waals surface area contributed by atoms with Gasteiger partial charge in [0.05, 0.1) is 0 Å². The van der Waals surface area contributed by atoms with Gasteiger partial charge in [-0.2, -0.15) is 8.78 Å². The Morgan fingerprint density at radius 1 is 1.50 bits per heavy atom. The standard InChI is InChI=1S/C12H18F2/c1-5-6-7-8-12(13,14)11(4)9-10(2)3/h11H,2,5-6,9H2,1,3-4H3. The Morgan fingerprint density at radius 2 is 2.07 bits per heavy atom. The van der Waals surface area contributed by atoms with E-state index in [2.05, 4.69) is 12.5 Å². The van der Waals surface area contributed by atoms with Crippen molar-refractivity contribution in [2.45, 2.75) is 46.0 Å². The third kappa shape index (κ3) is 5.01. The Bertz CT molecular complexity index is 243. The molecule has 0 radical (unpaired) electrons. The normalized spacial score (nSPS) is 12.9. The number of unbranched alkanes of at least 4 members (excludes halogenated alkanes) is 1. The van der Waals surface area contributed by atoms with Crippen molar-refractivity contribution in [2.24, 2.45) is 5.92 Å². The van der Waals surface area contributed by atoms with E-state index < -0.39 is 11.8 Å². The molecule has 0 aromatic rings. The van der Waals surface area contributed by atoms with Crippen molar-refractivity contribution < 1.29 is 8.78 Å². The molecule has 80 valence electrons. The number of halogens is 2. The van der Waals surface area contributed by atoms with E-state index in [-0.39, 0.29) is 0 Å². The van der Waals surface area contributed by atoms with E-state index in [1.165, 1.54) is 6.92 Å². The van der Waals surface area contributed by atoms with E-state index in [1.54, 1.807) is 6.92 Å². The van der Waals surface area contributed by atoms with Crippen LogP contribution in [-0.2, 0) is 0 Å². The van der Waals surface area contributed by atoms with E-state index in [0.29, 0.717) is 12.8 Å². The van der Waals surface area contributed by atoms with Crippen LogP contribution in [0.1, 0.15) is 40.0 Å². The number of hydrogen-bond donors (Lipinski definition) is 0. The largest absolute Gasteiger partial charge is 0.310 e. The molecule has 0 N–H and O–H groups in total. The fourth-order valence-corrected chi connectivity index (χ4v) is 1.08. The Kier molecular flexibility index (Phi) is 5.45. The van der Waals surface area contributed by atoms with Crippen LogP contribution in [0.3, 0.4) is 0 Å². The third-order valence-corrected chi connectivity index (χ3v) is 1.90. The molecule has 0 spiro atoms. The van der Waals surface area contributed by atoms with Gasteiger partial charge in [0.25, 0.3) is 0 Å². The highest BCUT2D eigenvalue weighted by Gasteiger charge is 2.33. The van der Waals surface area contributed by atoms with Crippen molar-refractivity contribution in [1.82, 2.24) is 0 Å².